The van der Waals surface area contributed by atoms with Crippen molar-refractivity contribution >= 4 is 11.9 Å². The molecule has 0 saturated carbocycles. The second-order valence-corrected chi connectivity index (χ2v) is 6.00. The van der Waals surface area contributed by atoms with E-state index in [9.17, 15) is 13.6 Å². The van der Waals surface area contributed by atoms with Crippen LogP contribution >= 0.6 is 0 Å². The van der Waals surface area contributed by atoms with Gasteiger partial charge in [-0.2, -0.15) is 8.78 Å². The Morgan fingerprint density at radius 1 is 1.19 bits per heavy atom. The van der Waals surface area contributed by atoms with Crippen LogP contribution in [0.25, 0.3) is 0 Å². The maximum absolute atomic E-state index is 13.1. The molecular weight excluding hydrogens is 340 g/mol. The minimum atomic E-state index is -2.91. The molecule has 2 N–H and O–H groups in total. The summed E-state index contributed by atoms with van der Waals surface area (Å²) >= 11 is 0. The van der Waals surface area contributed by atoms with Crippen LogP contribution in [0.5, 0.6) is 5.75 Å². The van der Waals surface area contributed by atoms with Crippen LogP contribution in [0.4, 0.5) is 8.78 Å². The number of aryl methyl sites for hydroxylation is 1. The van der Waals surface area contributed by atoms with Crippen molar-refractivity contribution in [2.24, 2.45) is 10.7 Å². The number of nitrogens with zero attached hydrogens (tertiary/aromatic N) is 2. The molecule has 26 heavy (non-hydrogen) atoms. The number of amides is 1. The first kappa shape index (κ1) is 17.8. The zero-order chi connectivity index (χ0) is 18.9. The molecule has 1 aliphatic heterocycles. The van der Waals surface area contributed by atoms with Gasteiger partial charge in [0.05, 0.1) is 0 Å². The molecule has 1 unspecified atom stereocenters. The lowest BCUT2D eigenvalue weighted by molar-refractivity contribution is -0.129. The van der Waals surface area contributed by atoms with Crippen molar-refractivity contribution in [1.29, 1.82) is 0 Å². The van der Waals surface area contributed by atoms with Crippen molar-refractivity contribution in [3.8, 4) is 5.75 Å². The van der Waals surface area contributed by atoms with Gasteiger partial charge in [0.2, 0.25) is 0 Å². The van der Waals surface area contributed by atoms with E-state index in [-0.39, 0.29) is 17.6 Å². The van der Waals surface area contributed by atoms with E-state index in [0.29, 0.717) is 11.1 Å². The van der Waals surface area contributed by atoms with E-state index in [0.717, 1.165) is 12.0 Å². The molecule has 0 aromatic heterocycles. The second kappa shape index (κ2) is 6.74. The first-order valence-corrected chi connectivity index (χ1v) is 8.16. The highest BCUT2D eigenvalue weighted by molar-refractivity contribution is 6.08. The standard InChI is InChI=1S/C19H19F2N3O2/c1-3-12-5-4-6-14(11-12)19(16(25)24(2)18(22)23-19)13-7-9-15(10-8-13)26-17(20)21/h4-11,17H,3H2,1-2H3,(H2,22,23). The molecule has 3 rings (SSSR count). The van der Waals surface area contributed by atoms with Crippen molar-refractivity contribution in [3.05, 3.63) is 65.2 Å². The predicted molar refractivity (Wildman–Crippen MR) is 94.1 cm³/mol. The van der Waals surface area contributed by atoms with Gasteiger partial charge < -0.3 is 10.5 Å². The molecule has 1 amide bonds. The summed E-state index contributed by atoms with van der Waals surface area (Å²) in [6.45, 7) is -0.897. The van der Waals surface area contributed by atoms with Crippen molar-refractivity contribution in [1.82, 2.24) is 4.90 Å². The number of carbonyl (C=O) groups is 1. The first-order valence-electron chi connectivity index (χ1n) is 8.16. The minimum absolute atomic E-state index is 0.0111. The topological polar surface area (TPSA) is 67.9 Å². The Morgan fingerprint density at radius 2 is 1.88 bits per heavy atom. The molecule has 0 radical (unpaired) electrons. The summed E-state index contributed by atoms with van der Waals surface area (Å²) in [5.41, 5.74) is 6.84. The Balaban J connectivity index is 2.15. The molecule has 0 bridgehead atoms. The van der Waals surface area contributed by atoms with E-state index in [1.54, 1.807) is 19.2 Å². The molecule has 2 aromatic carbocycles. The summed E-state index contributed by atoms with van der Waals surface area (Å²) in [4.78, 5) is 18.8. The minimum Gasteiger partial charge on any atom is -0.435 e. The fourth-order valence-corrected chi connectivity index (χ4v) is 3.08. The van der Waals surface area contributed by atoms with E-state index >= 15 is 0 Å². The molecule has 0 fully saturated rings. The largest absolute Gasteiger partial charge is 0.435 e. The van der Waals surface area contributed by atoms with Crippen LogP contribution in [0.3, 0.4) is 0 Å². The van der Waals surface area contributed by atoms with Crippen molar-refractivity contribution in [3.63, 3.8) is 0 Å². The highest BCUT2D eigenvalue weighted by atomic mass is 19.3. The fourth-order valence-electron chi connectivity index (χ4n) is 3.08. The van der Waals surface area contributed by atoms with E-state index in [4.69, 9.17) is 5.73 Å². The van der Waals surface area contributed by atoms with Crippen LogP contribution < -0.4 is 10.5 Å². The van der Waals surface area contributed by atoms with Crippen LogP contribution in [-0.4, -0.2) is 30.4 Å². The third-order valence-corrected chi connectivity index (χ3v) is 4.49. The van der Waals surface area contributed by atoms with Crippen LogP contribution in [-0.2, 0) is 16.8 Å². The summed E-state index contributed by atoms with van der Waals surface area (Å²) in [5, 5.41) is 0. The monoisotopic (exact) mass is 359 g/mol. The molecule has 1 atom stereocenters. The zero-order valence-electron chi connectivity index (χ0n) is 14.4. The summed E-state index contributed by atoms with van der Waals surface area (Å²) in [7, 11) is 1.56. The zero-order valence-corrected chi connectivity index (χ0v) is 14.4. The molecule has 1 aliphatic rings. The molecule has 0 spiro atoms. The number of hydrogen-bond donors (Lipinski definition) is 1. The lowest BCUT2D eigenvalue weighted by Gasteiger charge is -2.26. The van der Waals surface area contributed by atoms with Gasteiger partial charge in [-0.3, -0.25) is 9.69 Å². The molecule has 0 aliphatic carbocycles. The van der Waals surface area contributed by atoms with Gasteiger partial charge in [-0.25, -0.2) is 4.99 Å². The molecule has 5 nitrogen and oxygen atoms in total. The summed E-state index contributed by atoms with van der Waals surface area (Å²) in [5.74, 6) is -0.187. The Hall–Kier alpha value is -2.96. The van der Waals surface area contributed by atoms with Crippen molar-refractivity contribution in [2.75, 3.05) is 7.05 Å². The van der Waals surface area contributed by atoms with Gasteiger partial charge in [-0.15, -0.1) is 0 Å². The van der Waals surface area contributed by atoms with E-state index in [1.165, 1.54) is 17.0 Å². The molecule has 1 heterocycles. The predicted octanol–water partition coefficient (Wildman–Crippen LogP) is 2.88. The first-order chi connectivity index (χ1) is 12.4. The normalized spacial score (nSPS) is 19.8. The van der Waals surface area contributed by atoms with Gasteiger partial charge in [-0.1, -0.05) is 43.3 Å². The van der Waals surface area contributed by atoms with E-state index in [2.05, 4.69) is 9.73 Å². The number of ether oxygens (including phenoxy) is 1. The van der Waals surface area contributed by atoms with Gasteiger partial charge >= 0.3 is 6.61 Å². The van der Waals surface area contributed by atoms with Gasteiger partial charge in [0.1, 0.15) is 5.75 Å². The Kier molecular flexibility index (Phi) is 4.63. The highest BCUT2D eigenvalue weighted by Gasteiger charge is 2.49. The number of carbonyl (C=O) groups excluding carboxylic acids is 1. The Morgan fingerprint density at radius 3 is 2.42 bits per heavy atom. The van der Waals surface area contributed by atoms with Crippen LogP contribution in [0.15, 0.2) is 53.5 Å². The third kappa shape index (κ3) is 2.89. The lowest BCUT2D eigenvalue weighted by Crippen LogP contribution is -2.41. The SMILES string of the molecule is CCc1cccc(C2(c3ccc(OC(F)F)cc3)N=C(N)N(C)C2=O)c1. The summed E-state index contributed by atoms with van der Waals surface area (Å²) in [6.07, 6.45) is 0.800. The quantitative estimate of drug-likeness (QED) is 0.893. The number of aliphatic imine (C=N–C) groups is 1. The molecule has 0 saturated heterocycles. The number of rotatable bonds is 5. The van der Waals surface area contributed by atoms with Gasteiger partial charge in [0, 0.05) is 7.05 Å². The van der Waals surface area contributed by atoms with Crippen molar-refractivity contribution in [2.45, 2.75) is 25.5 Å². The lowest BCUT2D eigenvalue weighted by atomic mass is 9.82. The van der Waals surface area contributed by atoms with Gasteiger partial charge in [-0.05, 0) is 35.2 Å². The molecule has 136 valence electrons. The highest BCUT2D eigenvalue weighted by Crippen LogP contribution is 2.40. The maximum Gasteiger partial charge on any atom is 0.387 e. The average molecular weight is 359 g/mol. The number of halogens is 2. The van der Waals surface area contributed by atoms with Crippen LogP contribution in [0, 0.1) is 0 Å². The number of alkyl halides is 2. The van der Waals surface area contributed by atoms with E-state index < -0.39 is 12.2 Å². The number of guanidine groups is 1. The summed E-state index contributed by atoms with van der Waals surface area (Å²) in [6, 6.07) is 13.5. The molecule has 2 aromatic rings. The van der Waals surface area contributed by atoms with Gasteiger partial charge in [0.15, 0.2) is 11.5 Å². The summed E-state index contributed by atoms with van der Waals surface area (Å²) < 4.78 is 29.2. The Labute approximate surface area is 150 Å². The smallest absolute Gasteiger partial charge is 0.387 e. The number of benzene rings is 2. The number of nitrogens with two attached hydrogens (primary N) is 1. The molecule has 7 heteroatoms. The van der Waals surface area contributed by atoms with Crippen LogP contribution in [0.1, 0.15) is 23.6 Å². The van der Waals surface area contributed by atoms with E-state index in [1.807, 2.05) is 31.2 Å². The van der Waals surface area contributed by atoms with Gasteiger partial charge in [0.25, 0.3) is 5.91 Å². The Bertz CT molecular complexity index is 852. The number of hydrogen-bond acceptors (Lipinski definition) is 4. The molecular formula is C19H19F2N3O2. The third-order valence-electron chi connectivity index (χ3n) is 4.49. The number of likely N-dealkylation sites (N-methyl/N-ethyl adjacent to an activating group) is 1. The van der Waals surface area contributed by atoms with Crippen molar-refractivity contribution < 1.29 is 18.3 Å². The second-order valence-electron chi connectivity index (χ2n) is 6.00. The maximum atomic E-state index is 13.1. The fraction of sp³-hybridized carbons (Fsp3) is 0.263. The average Bonchev–Trinajstić information content (AvgIpc) is 2.87. The van der Waals surface area contributed by atoms with Crippen LogP contribution in [0.2, 0.25) is 0 Å².